The van der Waals surface area contributed by atoms with Gasteiger partial charge < -0.3 is 20.4 Å². The molecule has 0 unspecified atom stereocenters. The lowest BCUT2D eigenvalue weighted by atomic mass is 10.00. The third-order valence-electron chi connectivity index (χ3n) is 6.90. The highest BCUT2D eigenvalue weighted by atomic mass is 16.2. The highest BCUT2D eigenvalue weighted by Gasteiger charge is 2.27. The molecule has 1 fully saturated rings. The summed E-state index contributed by atoms with van der Waals surface area (Å²) < 4.78 is 0. The summed E-state index contributed by atoms with van der Waals surface area (Å²) in [4.78, 5) is 32.3. The number of piperazine rings is 1. The number of rotatable bonds is 5. The van der Waals surface area contributed by atoms with Crippen LogP contribution in [0.2, 0.25) is 0 Å². The first kappa shape index (κ1) is 23.3. The van der Waals surface area contributed by atoms with Crippen molar-refractivity contribution in [2.75, 3.05) is 63.6 Å². The van der Waals surface area contributed by atoms with E-state index in [1.807, 2.05) is 32.0 Å². The molecule has 2 N–H and O–H groups in total. The Kier molecular flexibility index (Phi) is 7.00. The maximum Gasteiger partial charge on any atom is 0.313 e. The van der Waals surface area contributed by atoms with Gasteiger partial charge in [-0.05, 0) is 61.7 Å². The average Bonchev–Trinajstić information content (AvgIpc) is 3.17. The molecule has 2 aromatic carbocycles. The molecule has 0 aliphatic carbocycles. The molecule has 1 saturated heterocycles. The van der Waals surface area contributed by atoms with Crippen LogP contribution in [0.1, 0.15) is 28.3 Å². The molecule has 2 aliphatic rings. The SMILES string of the molecule is Cc1ccc(C)c(NC(=O)C(=O)NC[C@@H](c2ccc3c(c2)CCN3C)N2CCN(C)CC2)c1. The van der Waals surface area contributed by atoms with E-state index in [2.05, 4.69) is 57.6 Å². The van der Waals surface area contributed by atoms with Crippen molar-refractivity contribution in [1.29, 1.82) is 0 Å². The van der Waals surface area contributed by atoms with Gasteiger partial charge >= 0.3 is 11.8 Å². The number of hydrogen-bond donors (Lipinski definition) is 2. The van der Waals surface area contributed by atoms with Crippen LogP contribution in [0.15, 0.2) is 36.4 Å². The van der Waals surface area contributed by atoms with E-state index in [9.17, 15) is 9.59 Å². The second-order valence-electron chi connectivity index (χ2n) is 9.40. The molecule has 0 spiro atoms. The van der Waals surface area contributed by atoms with Gasteiger partial charge in [0, 0.05) is 57.7 Å². The summed E-state index contributed by atoms with van der Waals surface area (Å²) in [5, 5.41) is 5.67. The molecule has 2 aliphatic heterocycles. The second kappa shape index (κ2) is 9.93. The van der Waals surface area contributed by atoms with Gasteiger partial charge in [-0.1, -0.05) is 24.3 Å². The van der Waals surface area contributed by atoms with Gasteiger partial charge in [0.25, 0.3) is 0 Å². The van der Waals surface area contributed by atoms with Crippen LogP contribution in [-0.4, -0.2) is 75.0 Å². The maximum absolute atomic E-state index is 12.7. The van der Waals surface area contributed by atoms with Crippen LogP contribution in [0, 0.1) is 13.8 Å². The summed E-state index contributed by atoms with van der Waals surface area (Å²) in [5.74, 6) is -1.23. The Balaban J connectivity index is 1.46. The van der Waals surface area contributed by atoms with Crippen molar-refractivity contribution in [3.05, 3.63) is 58.7 Å². The summed E-state index contributed by atoms with van der Waals surface area (Å²) in [5.41, 5.74) is 6.48. The first-order valence-corrected chi connectivity index (χ1v) is 11.7. The average molecular weight is 450 g/mol. The Morgan fingerprint density at radius 1 is 0.939 bits per heavy atom. The fourth-order valence-corrected chi connectivity index (χ4v) is 4.70. The van der Waals surface area contributed by atoms with Gasteiger partial charge in [-0.15, -0.1) is 0 Å². The first-order chi connectivity index (χ1) is 15.8. The Morgan fingerprint density at radius 3 is 2.45 bits per heavy atom. The molecule has 0 radical (unpaired) electrons. The Morgan fingerprint density at radius 2 is 1.70 bits per heavy atom. The molecule has 2 amide bonds. The molecule has 0 aromatic heterocycles. The zero-order chi connectivity index (χ0) is 23.5. The largest absolute Gasteiger partial charge is 0.374 e. The fraction of sp³-hybridized carbons (Fsp3) is 0.462. The quantitative estimate of drug-likeness (QED) is 0.686. The van der Waals surface area contributed by atoms with Crippen LogP contribution < -0.4 is 15.5 Å². The van der Waals surface area contributed by atoms with E-state index in [1.54, 1.807) is 0 Å². The number of carbonyl (C=O) groups is 2. The molecule has 7 nitrogen and oxygen atoms in total. The number of carbonyl (C=O) groups excluding carboxylic acids is 2. The summed E-state index contributed by atoms with van der Waals surface area (Å²) in [7, 11) is 4.26. The van der Waals surface area contributed by atoms with Crippen LogP contribution in [0.25, 0.3) is 0 Å². The third-order valence-corrected chi connectivity index (χ3v) is 6.90. The van der Waals surface area contributed by atoms with Crippen molar-refractivity contribution < 1.29 is 9.59 Å². The van der Waals surface area contributed by atoms with E-state index in [-0.39, 0.29) is 6.04 Å². The van der Waals surface area contributed by atoms with Crippen molar-refractivity contribution in [2.45, 2.75) is 26.3 Å². The molecule has 1 atom stereocenters. The van der Waals surface area contributed by atoms with E-state index in [0.29, 0.717) is 12.2 Å². The number of amides is 2. The zero-order valence-electron chi connectivity index (χ0n) is 20.1. The van der Waals surface area contributed by atoms with E-state index in [4.69, 9.17) is 0 Å². The van der Waals surface area contributed by atoms with Gasteiger partial charge in [-0.2, -0.15) is 0 Å². The van der Waals surface area contributed by atoms with Crippen molar-refractivity contribution >= 4 is 23.2 Å². The van der Waals surface area contributed by atoms with Crippen LogP contribution >= 0.6 is 0 Å². The predicted molar refractivity (Wildman–Crippen MR) is 133 cm³/mol. The van der Waals surface area contributed by atoms with Crippen LogP contribution in [0.3, 0.4) is 0 Å². The number of aryl methyl sites for hydroxylation is 2. The van der Waals surface area contributed by atoms with Crippen molar-refractivity contribution in [3.63, 3.8) is 0 Å². The van der Waals surface area contributed by atoms with Gasteiger partial charge in [0.1, 0.15) is 0 Å². The van der Waals surface area contributed by atoms with Gasteiger partial charge in [0.2, 0.25) is 0 Å². The molecule has 0 bridgehead atoms. The van der Waals surface area contributed by atoms with Crippen LogP contribution in [0.4, 0.5) is 11.4 Å². The number of benzene rings is 2. The number of fused-ring (bicyclic) bond motifs is 1. The normalized spacial score (nSPS) is 17.5. The minimum Gasteiger partial charge on any atom is -0.374 e. The van der Waals surface area contributed by atoms with Crippen molar-refractivity contribution in [3.8, 4) is 0 Å². The number of nitrogens with one attached hydrogen (secondary N) is 2. The standard InChI is InChI=1S/C26H35N5O2/c1-18-5-6-19(2)22(15-18)28-26(33)25(32)27-17-24(31-13-11-29(3)12-14-31)20-7-8-23-21(16-20)9-10-30(23)4/h5-8,15-16,24H,9-14,17H2,1-4H3,(H,27,32)(H,28,33)/t24-/m0/s1. The van der Waals surface area contributed by atoms with E-state index in [0.717, 1.165) is 50.3 Å². The van der Waals surface area contributed by atoms with Crippen LogP contribution in [-0.2, 0) is 16.0 Å². The number of likely N-dealkylation sites (N-methyl/N-ethyl adjacent to an activating group) is 2. The molecule has 7 heteroatoms. The predicted octanol–water partition coefficient (Wildman–Crippen LogP) is 2.34. The fourth-order valence-electron chi connectivity index (χ4n) is 4.70. The summed E-state index contributed by atoms with van der Waals surface area (Å²) >= 11 is 0. The molecule has 0 saturated carbocycles. The van der Waals surface area contributed by atoms with E-state index in [1.165, 1.54) is 16.8 Å². The lowest BCUT2D eigenvalue weighted by molar-refractivity contribution is -0.136. The molecule has 2 aromatic rings. The highest BCUT2D eigenvalue weighted by molar-refractivity contribution is 6.39. The number of nitrogens with zero attached hydrogens (tertiary/aromatic N) is 3. The van der Waals surface area contributed by atoms with Gasteiger partial charge in [-0.3, -0.25) is 14.5 Å². The van der Waals surface area contributed by atoms with Crippen LogP contribution in [0.5, 0.6) is 0 Å². The second-order valence-corrected chi connectivity index (χ2v) is 9.40. The minimum absolute atomic E-state index is 0.0346. The zero-order valence-corrected chi connectivity index (χ0v) is 20.1. The smallest absolute Gasteiger partial charge is 0.313 e. The Bertz CT molecular complexity index is 1030. The van der Waals surface area contributed by atoms with E-state index < -0.39 is 11.8 Å². The van der Waals surface area contributed by atoms with Gasteiger partial charge in [0.15, 0.2) is 0 Å². The van der Waals surface area contributed by atoms with E-state index >= 15 is 0 Å². The van der Waals surface area contributed by atoms with Crippen molar-refractivity contribution in [1.82, 2.24) is 15.1 Å². The molecule has 2 heterocycles. The molecular weight excluding hydrogens is 414 g/mol. The molecule has 4 rings (SSSR count). The highest BCUT2D eigenvalue weighted by Crippen LogP contribution is 2.31. The van der Waals surface area contributed by atoms with Crippen molar-refractivity contribution in [2.24, 2.45) is 0 Å². The molecule has 176 valence electrons. The lowest BCUT2D eigenvalue weighted by Crippen LogP contribution is -2.49. The first-order valence-electron chi connectivity index (χ1n) is 11.7. The summed E-state index contributed by atoms with van der Waals surface area (Å²) in [6.07, 6.45) is 1.04. The monoisotopic (exact) mass is 449 g/mol. The molecule has 33 heavy (non-hydrogen) atoms. The lowest BCUT2D eigenvalue weighted by Gasteiger charge is -2.38. The summed E-state index contributed by atoms with van der Waals surface area (Å²) in [6.45, 7) is 9.17. The minimum atomic E-state index is -0.628. The number of anilines is 2. The number of hydrogen-bond acceptors (Lipinski definition) is 5. The summed E-state index contributed by atoms with van der Waals surface area (Å²) in [6, 6.07) is 12.5. The molecular formula is C26H35N5O2. The Hall–Kier alpha value is -2.90. The maximum atomic E-state index is 12.7. The van der Waals surface area contributed by atoms with Gasteiger partial charge in [-0.25, -0.2) is 0 Å². The Labute approximate surface area is 196 Å². The topological polar surface area (TPSA) is 67.9 Å². The third kappa shape index (κ3) is 5.37. The van der Waals surface area contributed by atoms with Gasteiger partial charge in [0.05, 0.1) is 6.04 Å².